The van der Waals surface area contributed by atoms with Gasteiger partial charge in [0, 0.05) is 12.5 Å². The monoisotopic (exact) mass is 310 g/mol. The van der Waals surface area contributed by atoms with Crippen LogP contribution >= 0.6 is 0 Å². The fourth-order valence-corrected chi connectivity index (χ4v) is 4.39. The molecule has 0 unspecified atom stereocenters. The molecule has 0 bridgehead atoms. The minimum absolute atomic E-state index is 0.0335. The molecule has 2 aliphatic heterocycles. The van der Waals surface area contributed by atoms with Crippen molar-refractivity contribution in [2.45, 2.75) is 25.0 Å². The van der Waals surface area contributed by atoms with Crippen LogP contribution in [0.15, 0.2) is 24.3 Å². The van der Waals surface area contributed by atoms with E-state index < -0.39 is 9.84 Å². The molecule has 7 heteroatoms. The van der Waals surface area contributed by atoms with E-state index in [9.17, 15) is 13.2 Å². The van der Waals surface area contributed by atoms with E-state index in [0.717, 1.165) is 17.7 Å². The number of rotatable bonds is 3. The Labute approximate surface area is 123 Å². The Morgan fingerprint density at radius 1 is 1.33 bits per heavy atom. The Balaban J connectivity index is 1.43. The van der Waals surface area contributed by atoms with Gasteiger partial charge in [0.25, 0.3) is 0 Å². The molecule has 3 rings (SSSR count). The van der Waals surface area contributed by atoms with E-state index in [-0.39, 0.29) is 29.7 Å². The first kappa shape index (κ1) is 14.2. The normalized spacial score (nSPS) is 25.9. The number of para-hydroxylation sites is 1. The first-order chi connectivity index (χ1) is 10.0. The largest absolute Gasteiger partial charge is 0.488 e. The second-order valence-electron chi connectivity index (χ2n) is 5.51. The molecule has 2 N–H and O–H groups in total. The molecular weight excluding hydrogens is 292 g/mol. The Kier molecular flexibility index (Phi) is 3.75. The second-order valence-corrected chi connectivity index (χ2v) is 7.73. The molecular formula is C14H18N2O4S. The highest BCUT2D eigenvalue weighted by atomic mass is 32.2. The minimum atomic E-state index is -2.98. The van der Waals surface area contributed by atoms with Gasteiger partial charge in [-0.05, 0) is 18.1 Å². The molecule has 0 saturated carbocycles. The van der Waals surface area contributed by atoms with Crippen molar-refractivity contribution in [1.29, 1.82) is 0 Å². The number of hydrogen-bond acceptors (Lipinski definition) is 4. The molecule has 1 saturated heterocycles. The average molecular weight is 310 g/mol. The third kappa shape index (κ3) is 3.47. The van der Waals surface area contributed by atoms with Crippen LogP contribution in [0.4, 0.5) is 4.79 Å². The summed E-state index contributed by atoms with van der Waals surface area (Å²) in [5, 5.41) is 5.44. The van der Waals surface area contributed by atoms with Gasteiger partial charge in [-0.1, -0.05) is 18.2 Å². The van der Waals surface area contributed by atoms with Gasteiger partial charge in [0.1, 0.15) is 11.9 Å². The Morgan fingerprint density at radius 3 is 2.86 bits per heavy atom. The SMILES string of the molecule is O=C(NC[C@@H]1Cc2ccccc2O1)N[C@H]1CCS(=O)(=O)C1. The highest BCUT2D eigenvalue weighted by Gasteiger charge is 2.29. The van der Waals surface area contributed by atoms with Gasteiger partial charge in [-0.3, -0.25) is 0 Å². The lowest BCUT2D eigenvalue weighted by Crippen LogP contribution is -2.45. The van der Waals surface area contributed by atoms with Gasteiger partial charge in [0.15, 0.2) is 9.84 Å². The predicted molar refractivity (Wildman–Crippen MR) is 78.2 cm³/mol. The van der Waals surface area contributed by atoms with Crippen LogP contribution in [-0.2, 0) is 16.3 Å². The van der Waals surface area contributed by atoms with Gasteiger partial charge in [0.2, 0.25) is 0 Å². The van der Waals surface area contributed by atoms with Gasteiger partial charge >= 0.3 is 6.03 Å². The van der Waals surface area contributed by atoms with E-state index >= 15 is 0 Å². The first-order valence-corrected chi connectivity index (χ1v) is 8.83. The maximum absolute atomic E-state index is 11.8. The summed E-state index contributed by atoms with van der Waals surface area (Å²) < 4.78 is 28.4. The topological polar surface area (TPSA) is 84.5 Å². The van der Waals surface area contributed by atoms with Gasteiger partial charge in [-0.15, -0.1) is 0 Å². The van der Waals surface area contributed by atoms with E-state index in [1.54, 1.807) is 0 Å². The highest BCUT2D eigenvalue weighted by Crippen LogP contribution is 2.27. The Hall–Kier alpha value is -1.76. The fraction of sp³-hybridized carbons (Fsp3) is 0.500. The van der Waals surface area contributed by atoms with Crippen LogP contribution in [-0.4, -0.2) is 44.6 Å². The molecule has 1 fully saturated rings. The van der Waals surface area contributed by atoms with Gasteiger partial charge < -0.3 is 15.4 Å². The molecule has 2 atom stereocenters. The highest BCUT2D eigenvalue weighted by molar-refractivity contribution is 7.91. The number of urea groups is 1. The quantitative estimate of drug-likeness (QED) is 0.850. The van der Waals surface area contributed by atoms with Gasteiger partial charge in [-0.2, -0.15) is 0 Å². The number of ether oxygens (including phenoxy) is 1. The Bertz CT molecular complexity index is 619. The van der Waals surface area contributed by atoms with Gasteiger partial charge in [0.05, 0.1) is 18.1 Å². The molecule has 0 spiro atoms. The molecule has 6 nitrogen and oxygen atoms in total. The molecule has 0 aliphatic carbocycles. The Morgan fingerprint density at radius 2 is 2.14 bits per heavy atom. The van der Waals surface area contributed by atoms with Crippen molar-refractivity contribution in [3.63, 3.8) is 0 Å². The smallest absolute Gasteiger partial charge is 0.315 e. The van der Waals surface area contributed by atoms with E-state index in [2.05, 4.69) is 10.6 Å². The zero-order valence-electron chi connectivity index (χ0n) is 11.5. The van der Waals surface area contributed by atoms with Crippen molar-refractivity contribution in [3.05, 3.63) is 29.8 Å². The zero-order chi connectivity index (χ0) is 14.9. The van der Waals surface area contributed by atoms with Crippen LogP contribution in [0.2, 0.25) is 0 Å². The number of carbonyl (C=O) groups excluding carboxylic acids is 1. The number of hydrogen-bond donors (Lipinski definition) is 2. The molecule has 1 aromatic carbocycles. The lowest BCUT2D eigenvalue weighted by Gasteiger charge is -2.15. The summed E-state index contributed by atoms with van der Waals surface area (Å²) in [6.45, 7) is 0.403. The second kappa shape index (κ2) is 5.55. The number of benzene rings is 1. The van der Waals surface area contributed by atoms with Crippen LogP contribution < -0.4 is 15.4 Å². The summed E-state index contributed by atoms with van der Waals surface area (Å²) in [6.07, 6.45) is 1.19. The van der Waals surface area contributed by atoms with Crippen LogP contribution in [0, 0.1) is 0 Å². The summed E-state index contributed by atoms with van der Waals surface area (Å²) >= 11 is 0. The van der Waals surface area contributed by atoms with Crippen molar-refractivity contribution in [2.75, 3.05) is 18.1 Å². The third-order valence-electron chi connectivity index (χ3n) is 3.77. The van der Waals surface area contributed by atoms with E-state index in [0.29, 0.717) is 13.0 Å². The standard InChI is InChI=1S/C14H18N2O4S/c17-14(16-11-5-6-21(18,19)9-11)15-8-12-7-10-3-1-2-4-13(10)20-12/h1-4,11-12H,5-9H2,(H2,15,16,17)/t11-,12-/m0/s1. The molecule has 0 aromatic heterocycles. The summed E-state index contributed by atoms with van der Waals surface area (Å²) in [4.78, 5) is 11.8. The van der Waals surface area contributed by atoms with E-state index in [1.807, 2.05) is 24.3 Å². The summed E-state index contributed by atoms with van der Waals surface area (Å²) in [6, 6.07) is 7.19. The van der Waals surface area contributed by atoms with E-state index in [4.69, 9.17) is 4.74 Å². The van der Waals surface area contributed by atoms with Crippen molar-refractivity contribution in [1.82, 2.24) is 10.6 Å². The number of fused-ring (bicyclic) bond motifs is 1. The molecule has 1 aromatic rings. The third-order valence-corrected chi connectivity index (χ3v) is 5.54. The number of sulfone groups is 1. The number of carbonyl (C=O) groups is 1. The van der Waals surface area contributed by atoms with Crippen molar-refractivity contribution < 1.29 is 17.9 Å². The summed E-state index contributed by atoms with van der Waals surface area (Å²) in [7, 11) is -2.98. The summed E-state index contributed by atoms with van der Waals surface area (Å²) in [5.41, 5.74) is 1.14. The maximum atomic E-state index is 11.8. The lowest BCUT2D eigenvalue weighted by atomic mass is 10.1. The molecule has 2 aliphatic rings. The maximum Gasteiger partial charge on any atom is 0.315 e. The first-order valence-electron chi connectivity index (χ1n) is 7.01. The molecule has 2 amide bonds. The molecule has 2 heterocycles. The zero-order valence-corrected chi connectivity index (χ0v) is 12.4. The average Bonchev–Trinajstić information content (AvgIpc) is 2.99. The predicted octanol–water partition coefficient (Wildman–Crippen LogP) is 0.476. The fourth-order valence-electron chi connectivity index (χ4n) is 2.72. The number of nitrogens with one attached hydrogen (secondary N) is 2. The van der Waals surface area contributed by atoms with Crippen LogP contribution in [0.5, 0.6) is 5.75 Å². The summed E-state index contributed by atoms with van der Waals surface area (Å²) in [5.74, 6) is 1.05. The molecule has 21 heavy (non-hydrogen) atoms. The van der Waals surface area contributed by atoms with Crippen molar-refractivity contribution in [2.24, 2.45) is 0 Å². The number of amides is 2. The van der Waals surface area contributed by atoms with E-state index in [1.165, 1.54) is 0 Å². The van der Waals surface area contributed by atoms with Crippen molar-refractivity contribution in [3.8, 4) is 5.75 Å². The van der Waals surface area contributed by atoms with Crippen molar-refractivity contribution >= 4 is 15.9 Å². The van der Waals surface area contributed by atoms with Gasteiger partial charge in [-0.25, -0.2) is 13.2 Å². The minimum Gasteiger partial charge on any atom is -0.488 e. The molecule has 114 valence electrons. The van der Waals surface area contributed by atoms with Crippen LogP contribution in [0.1, 0.15) is 12.0 Å². The lowest BCUT2D eigenvalue weighted by molar-refractivity contribution is 0.212. The van der Waals surface area contributed by atoms with Crippen LogP contribution in [0.25, 0.3) is 0 Å². The molecule has 0 radical (unpaired) electrons. The van der Waals surface area contributed by atoms with Crippen LogP contribution in [0.3, 0.4) is 0 Å².